The molecule has 138 valence electrons. The number of ether oxygens (including phenoxy) is 1. The summed E-state index contributed by atoms with van der Waals surface area (Å²) in [5, 5.41) is 7.82. The van der Waals surface area contributed by atoms with E-state index in [-0.39, 0.29) is 24.5 Å². The molecule has 1 aromatic heterocycles. The predicted molar refractivity (Wildman–Crippen MR) is 98.7 cm³/mol. The summed E-state index contributed by atoms with van der Waals surface area (Å²) in [6.07, 6.45) is 4.15. The summed E-state index contributed by atoms with van der Waals surface area (Å²) < 4.78 is 7.28. The lowest BCUT2D eigenvalue weighted by molar-refractivity contribution is -0.132. The third-order valence-electron chi connectivity index (χ3n) is 4.06. The molecule has 1 saturated heterocycles. The number of likely N-dealkylation sites (tertiary alicyclic amines) is 1. The van der Waals surface area contributed by atoms with Crippen molar-refractivity contribution < 1.29 is 14.3 Å². The van der Waals surface area contributed by atoms with Crippen molar-refractivity contribution in [2.45, 2.75) is 19.4 Å². The Morgan fingerprint density at radius 3 is 2.92 bits per heavy atom. The van der Waals surface area contributed by atoms with Crippen LogP contribution in [0.15, 0.2) is 30.6 Å². The Bertz CT molecular complexity index is 824. The second kappa shape index (κ2) is 7.97. The molecule has 0 bridgehead atoms. The first-order valence-electron chi connectivity index (χ1n) is 8.10. The quantitative estimate of drug-likeness (QED) is 0.842. The summed E-state index contributed by atoms with van der Waals surface area (Å²) >= 11 is 11.9. The molecule has 1 atom stereocenters. The summed E-state index contributed by atoms with van der Waals surface area (Å²) in [5.74, 6) is 0.158. The number of nitrogens with zero attached hydrogens (tertiary/aromatic N) is 3. The molecule has 2 amide bonds. The maximum absolute atomic E-state index is 12.4. The maximum Gasteiger partial charge on any atom is 0.260 e. The topological polar surface area (TPSA) is 76.5 Å². The van der Waals surface area contributed by atoms with Gasteiger partial charge in [-0.2, -0.15) is 5.10 Å². The Labute approximate surface area is 160 Å². The number of carbonyl (C=O) groups excluding carboxylic acids is 2. The van der Waals surface area contributed by atoms with Crippen molar-refractivity contribution in [3.63, 3.8) is 0 Å². The molecule has 0 aliphatic carbocycles. The van der Waals surface area contributed by atoms with E-state index in [9.17, 15) is 9.59 Å². The van der Waals surface area contributed by atoms with Gasteiger partial charge in [-0.1, -0.05) is 23.2 Å². The molecule has 9 heteroatoms. The van der Waals surface area contributed by atoms with Gasteiger partial charge in [-0.05, 0) is 24.6 Å². The average molecular weight is 397 g/mol. The Balaban J connectivity index is 1.53. The number of nitrogens with one attached hydrogen (secondary N) is 1. The molecule has 0 saturated carbocycles. The SMILES string of the molecule is CC(=O)Nc1cnn(C2CCN(C(=O)COc3ccc(Cl)cc3Cl)C2)c1. The minimum absolute atomic E-state index is 0.0700. The highest BCUT2D eigenvalue weighted by Gasteiger charge is 2.28. The zero-order chi connectivity index (χ0) is 18.7. The van der Waals surface area contributed by atoms with E-state index in [2.05, 4.69) is 10.4 Å². The van der Waals surface area contributed by atoms with Gasteiger partial charge in [0, 0.05) is 31.2 Å². The van der Waals surface area contributed by atoms with E-state index >= 15 is 0 Å². The minimum atomic E-state index is -0.147. The monoisotopic (exact) mass is 396 g/mol. The molecular formula is C17H18Cl2N4O3. The number of halogens is 2. The number of hydrogen-bond donors (Lipinski definition) is 1. The van der Waals surface area contributed by atoms with Crippen LogP contribution >= 0.6 is 23.2 Å². The number of amides is 2. The van der Waals surface area contributed by atoms with Crippen LogP contribution in [0.3, 0.4) is 0 Å². The lowest BCUT2D eigenvalue weighted by atomic mass is 10.3. The molecule has 0 radical (unpaired) electrons. The Hall–Kier alpha value is -2.25. The molecule has 1 unspecified atom stereocenters. The smallest absolute Gasteiger partial charge is 0.260 e. The van der Waals surface area contributed by atoms with Gasteiger partial charge < -0.3 is 15.0 Å². The van der Waals surface area contributed by atoms with E-state index in [1.165, 1.54) is 6.92 Å². The van der Waals surface area contributed by atoms with Crippen LogP contribution in [0.2, 0.25) is 10.0 Å². The first kappa shape index (κ1) is 18.5. The molecule has 0 spiro atoms. The van der Waals surface area contributed by atoms with Crippen LogP contribution in [0.4, 0.5) is 5.69 Å². The number of carbonyl (C=O) groups is 2. The minimum Gasteiger partial charge on any atom is -0.482 e. The Morgan fingerprint density at radius 1 is 1.38 bits per heavy atom. The van der Waals surface area contributed by atoms with Gasteiger partial charge >= 0.3 is 0 Å². The third kappa shape index (κ3) is 4.47. The van der Waals surface area contributed by atoms with E-state index < -0.39 is 0 Å². The zero-order valence-electron chi connectivity index (χ0n) is 14.1. The number of anilines is 1. The predicted octanol–water partition coefficient (Wildman–Crippen LogP) is 3.00. The maximum atomic E-state index is 12.4. The van der Waals surface area contributed by atoms with Crippen molar-refractivity contribution in [3.8, 4) is 5.75 Å². The van der Waals surface area contributed by atoms with Gasteiger partial charge in [-0.3, -0.25) is 14.3 Å². The van der Waals surface area contributed by atoms with Gasteiger partial charge in [0.15, 0.2) is 6.61 Å². The summed E-state index contributed by atoms with van der Waals surface area (Å²) in [6.45, 7) is 2.51. The number of benzene rings is 1. The molecule has 1 fully saturated rings. The lowest BCUT2D eigenvalue weighted by Crippen LogP contribution is -2.33. The fourth-order valence-corrected chi connectivity index (χ4v) is 3.28. The van der Waals surface area contributed by atoms with E-state index in [0.717, 1.165) is 6.42 Å². The van der Waals surface area contributed by atoms with E-state index in [1.54, 1.807) is 40.2 Å². The molecule has 1 aliphatic heterocycles. The van der Waals surface area contributed by atoms with Crippen molar-refractivity contribution in [2.24, 2.45) is 0 Å². The normalized spacial score (nSPS) is 16.6. The van der Waals surface area contributed by atoms with Gasteiger partial charge in [0.2, 0.25) is 5.91 Å². The summed E-state index contributed by atoms with van der Waals surface area (Å²) in [4.78, 5) is 25.2. The first-order valence-corrected chi connectivity index (χ1v) is 8.85. The fourth-order valence-electron chi connectivity index (χ4n) is 2.81. The van der Waals surface area contributed by atoms with Crippen LogP contribution in [0.25, 0.3) is 0 Å². The second-order valence-corrected chi connectivity index (χ2v) is 6.88. The molecule has 1 N–H and O–H groups in total. The largest absolute Gasteiger partial charge is 0.482 e. The van der Waals surface area contributed by atoms with Crippen molar-refractivity contribution >= 4 is 40.7 Å². The van der Waals surface area contributed by atoms with E-state index in [1.807, 2.05) is 0 Å². The second-order valence-electron chi connectivity index (χ2n) is 6.04. The Kier molecular flexibility index (Phi) is 5.68. The van der Waals surface area contributed by atoms with Gasteiger partial charge in [-0.15, -0.1) is 0 Å². The highest BCUT2D eigenvalue weighted by molar-refractivity contribution is 6.35. The number of rotatable bonds is 5. The van der Waals surface area contributed by atoms with E-state index in [0.29, 0.717) is 34.6 Å². The average Bonchev–Trinajstić information content (AvgIpc) is 3.22. The molecule has 3 rings (SSSR count). The molecule has 1 aliphatic rings. The first-order chi connectivity index (χ1) is 12.4. The summed E-state index contributed by atoms with van der Waals surface area (Å²) in [7, 11) is 0. The van der Waals surface area contributed by atoms with Crippen LogP contribution in [0.5, 0.6) is 5.75 Å². The van der Waals surface area contributed by atoms with Crippen LogP contribution in [-0.4, -0.2) is 46.2 Å². The summed E-state index contributed by atoms with van der Waals surface area (Å²) in [5.41, 5.74) is 0.642. The summed E-state index contributed by atoms with van der Waals surface area (Å²) in [6, 6.07) is 4.93. The number of hydrogen-bond acceptors (Lipinski definition) is 4. The van der Waals surface area contributed by atoms with Crippen LogP contribution in [0, 0.1) is 0 Å². The fraction of sp³-hybridized carbons (Fsp3) is 0.353. The standard InChI is InChI=1S/C17H18Cl2N4O3/c1-11(24)21-13-7-20-23(8-13)14-4-5-22(9-14)17(25)10-26-16-3-2-12(18)6-15(16)19/h2-3,6-8,14H,4-5,9-10H2,1H3,(H,21,24). The molecule has 1 aromatic carbocycles. The highest BCUT2D eigenvalue weighted by atomic mass is 35.5. The van der Waals surface area contributed by atoms with Crippen molar-refractivity contribution in [1.82, 2.24) is 14.7 Å². The lowest BCUT2D eigenvalue weighted by Gasteiger charge is -2.17. The van der Waals surface area contributed by atoms with Crippen LogP contribution in [0.1, 0.15) is 19.4 Å². The molecular weight excluding hydrogens is 379 g/mol. The molecule has 2 heterocycles. The third-order valence-corrected chi connectivity index (χ3v) is 4.59. The van der Waals surface area contributed by atoms with Gasteiger partial charge in [0.25, 0.3) is 5.91 Å². The van der Waals surface area contributed by atoms with Crippen molar-refractivity contribution in [2.75, 3.05) is 25.0 Å². The van der Waals surface area contributed by atoms with Gasteiger partial charge in [0.1, 0.15) is 5.75 Å². The molecule has 2 aromatic rings. The van der Waals surface area contributed by atoms with Crippen molar-refractivity contribution in [1.29, 1.82) is 0 Å². The van der Waals surface area contributed by atoms with Crippen molar-refractivity contribution in [3.05, 3.63) is 40.6 Å². The highest BCUT2D eigenvalue weighted by Crippen LogP contribution is 2.28. The number of aromatic nitrogens is 2. The van der Waals surface area contributed by atoms with Crippen LogP contribution < -0.4 is 10.1 Å². The van der Waals surface area contributed by atoms with E-state index in [4.69, 9.17) is 27.9 Å². The van der Waals surface area contributed by atoms with Crippen LogP contribution in [-0.2, 0) is 9.59 Å². The zero-order valence-corrected chi connectivity index (χ0v) is 15.6. The molecule has 7 nitrogen and oxygen atoms in total. The molecule has 26 heavy (non-hydrogen) atoms. The van der Waals surface area contributed by atoms with Gasteiger partial charge in [0.05, 0.1) is 22.9 Å². The Morgan fingerprint density at radius 2 is 2.19 bits per heavy atom. The van der Waals surface area contributed by atoms with Gasteiger partial charge in [-0.25, -0.2) is 0 Å².